The Balaban J connectivity index is 1.21. The number of carboxylic acids is 1. The Hall–Kier alpha value is -5.63. The average molecular weight is 599 g/mol. The number of carbonyl (C=O) groups is 5. The van der Waals surface area contributed by atoms with E-state index in [0.29, 0.717) is 40.9 Å². The average Bonchev–Trinajstić information content (AvgIpc) is 3.76. The summed E-state index contributed by atoms with van der Waals surface area (Å²) in [6, 6.07) is 13.7. The van der Waals surface area contributed by atoms with Gasteiger partial charge in [-0.2, -0.15) is 0 Å². The number of ketones is 1. The van der Waals surface area contributed by atoms with Gasteiger partial charge in [0.2, 0.25) is 0 Å². The number of pyridine rings is 2. The van der Waals surface area contributed by atoms with Gasteiger partial charge in [0, 0.05) is 37.9 Å². The predicted molar refractivity (Wildman–Crippen MR) is 154 cm³/mol. The van der Waals surface area contributed by atoms with Crippen molar-refractivity contribution >= 4 is 46.2 Å². The van der Waals surface area contributed by atoms with Crippen LogP contribution in [0.3, 0.4) is 0 Å². The minimum atomic E-state index is -1.23. The number of benzene rings is 1. The van der Waals surface area contributed by atoms with Gasteiger partial charge in [0.1, 0.15) is 17.3 Å². The van der Waals surface area contributed by atoms with E-state index in [0.717, 1.165) is 0 Å². The normalized spacial score (nSPS) is 17.7. The Morgan fingerprint density at radius 2 is 1.70 bits per heavy atom. The molecule has 5 heterocycles. The van der Waals surface area contributed by atoms with Gasteiger partial charge in [0.15, 0.2) is 12.2 Å². The van der Waals surface area contributed by atoms with E-state index in [1.54, 1.807) is 41.3 Å². The molecule has 224 valence electrons. The molecule has 0 radical (unpaired) electrons. The molecule has 3 N–H and O–H groups in total. The zero-order valence-electron chi connectivity index (χ0n) is 23.4. The highest BCUT2D eigenvalue weighted by Crippen LogP contribution is 2.35. The number of aliphatic carboxylic acids is 1. The van der Waals surface area contributed by atoms with E-state index >= 15 is 0 Å². The van der Waals surface area contributed by atoms with Crippen molar-refractivity contribution in [3.63, 3.8) is 0 Å². The summed E-state index contributed by atoms with van der Waals surface area (Å²) in [5.74, 6) is -3.06. The third-order valence-electron chi connectivity index (χ3n) is 7.44. The lowest BCUT2D eigenvalue weighted by atomic mass is 10.1. The molecule has 44 heavy (non-hydrogen) atoms. The molecule has 0 spiro atoms. The number of piperazine rings is 1. The van der Waals surface area contributed by atoms with Crippen molar-refractivity contribution in [2.45, 2.75) is 12.2 Å². The van der Waals surface area contributed by atoms with Gasteiger partial charge in [-0.25, -0.2) is 14.8 Å². The van der Waals surface area contributed by atoms with E-state index < -0.39 is 35.8 Å². The van der Waals surface area contributed by atoms with Crippen LogP contribution in [0, 0.1) is 0 Å². The molecule has 14 heteroatoms. The number of anilines is 1. The van der Waals surface area contributed by atoms with E-state index in [1.165, 1.54) is 30.5 Å². The summed E-state index contributed by atoms with van der Waals surface area (Å²) in [5.41, 5.74) is 1.68. The number of carboxylic acid groups (broad SMARTS) is 1. The zero-order valence-corrected chi connectivity index (χ0v) is 23.4. The maximum Gasteiger partial charge on any atom is 0.336 e. The monoisotopic (exact) mass is 598 g/mol. The van der Waals surface area contributed by atoms with Crippen LogP contribution in [0.1, 0.15) is 20.7 Å². The maximum atomic E-state index is 13.5. The first-order valence-electron chi connectivity index (χ1n) is 13.7. The number of H-pyrrole nitrogens is 1. The number of aromatic amines is 1. The van der Waals surface area contributed by atoms with Crippen LogP contribution in [0.5, 0.6) is 5.75 Å². The molecule has 2 fully saturated rings. The molecule has 3 aromatic heterocycles. The molecule has 2 aliphatic rings. The largest absolute Gasteiger partial charge is 0.494 e. The van der Waals surface area contributed by atoms with Gasteiger partial charge in [-0.15, -0.1) is 0 Å². The van der Waals surface area contributed by atoms with E-state index in [2.05, 4.69) is 20.3 Å². The predicted octanol–water partition coefficient (Wildman–Crippen LogP) is 1.59. The lowest BCUT2D eigenvalue weighted by Gasteiger charge is -2.34. The van der Waals surface area contributed by atoms with Crippen molar-refractivity contribution in [3.8, 4) is 17.1 Å². The standard InChI is InChI=1S/C30H26N6O8/c1-43-19-15-32-22(18-8-5-9-20(33-18)34-27(38)25-26(44-25)30(41)42)23-21(19)17(14-31-23)24(37)29(40)36-12-10-35(11-13-36)28(39)16-6-3-2-4-7-16/h2-9,14-15,25-26,31H,10-13H2,1H3,(H,41,42)(H,33,34,38). The van der Waals surface area contributed by atoms with Gasteiger partial charge in [-0.1, -0.05) is 24.3 Å². The highest BCUT2D eigenvalue weighted by molar-refractivity contribution is 6.45. The Labute approximate surface area is 249 Å². The second-order valence-electron chi connectivity index (χ2n) is 10.1. The van der Waals surface area contributed by atoms with Crippen LogP contribution in [0.4, 0.5) is 5.82 Å². The van der Waals surface area contributed by atoms with Crippen molar-refractivity contribution in [2.75, 3.05) is 38.6 Å². The topological polar surface area (TPSA) is 187 Å². The number of Topliss-reactive ketones (excluding diaryl/α,β-unsaturated/α-hetero) is 1. The number of ether oxygens (including phenoxy) is 2. The van der Waals surface area contributed by atoms with Gasteiger partial charge in [-0.05, 0) is 24.3 Å². The van der Waals surface area contributed by atoms with E-state index in [9.17, 15) is 24.0 Å². The van der Waals surface area contributed by atoms with Gasteiger partial charge in [0.05, 0.1) is 35.5 Å². The maximum absolute atomic E-state index is 13.5. The van der Waals surface area contributed by atoms with Gasteiger partial charge in [-0.3, -0.25) is 19.2 Å². The summed E-state index contributed by atoms with van der Waals surface area (Å²) in [6.45, 7) is 0.995. The van der Waals surface area contributed by atoms with Crippen molar-refractivity contribution in [1.29, 1.82) is 0 Å². The lowest BCUT2D eigenvalue weighted by Crippen LogP contribution is -2.52. The number of carbonyl (C=O) groups excluding carboxylic acids is 4. The van der Waals surface area contributed by atoms with Crippen LogP contribution in [0.15, 0.2) is 60.9 Å². The molecular weight excluding hydrogens is 572 g/mol. The van der Waals surface area contributed by atoms with Crippen LogP contribution in [-0.2, 0) is 19.1 Å². The first-order chi connectivity index (χ1) is 21.3. The van der Waals surface area contributed by atoms with Crippen molar-refractivity contribution in [2.24, 2.45) is 0 Å². The summed E-state index contributed by atoms with van der Waals surface area (Å²) >= 11 is 0. The second kappa shape index (κ2) is 11.6. The first-order valence-corrected chi connectivity index (χ1v) is 13.7. The van der Waals surface area contributed by atoms with Gasteiger partial charge < -0.3 is 34.7 Å². The summed E-state index contributed by atoms with van der Waals surface area (Å²) in [7, 11) is 1.42. The lowest BCUT2D eigenvalue weighted by molar-refractivity contribution is -0.138. The Bertz CT molecular complexity index is 1800. The third kappa shape index (κ3) is 5.33. The van der Waals surface area contributed by atoms with E-state index in [1.807, 2.05) is 6.07 Å². The number of epoxide rings is 1. The fraction of sp³-hybridized carbons (Fsp3) is 0.233. The van der Waals surface area contributed by atoms with E-state index in [-0.39, 0.29) is 36.1 Å². The molecule has 2 unspecified atom stereocenters. The summed E-state index contributed by atoms with van der Waals surface area (Å²) < 4.78 is 10.4. The highest BCUT2D eigenvalue weighted by Gasteiger charge is 2.50. The quantitative estimate of drug-likeness (QED) is 0.153. The molecule has 2 atom stereocenters. The number of amides is 3. The van der Waals surface area contributed by atoms with Crippen LogP contribution in [0.25, 0.3) is 22.3 Å². The molecule has 3 amide bonds. The smallest absolute Gasteiger partial charge is 0.336 e. The molecular formula is C30H26N6O8. The highest BCUT2D eigenvalue weighted by atomic mass is 16.6. The number of methoxy groups -OCH3 is 1. The SMILES string of the molecule is COc1cnc(-c2cccc(NC(=O)C3OC3C(=O)O)n2)c2[nH]cc(C(=O)C(=O)N3CCN(C(=O)c4ccccc4)CC3)c12. The molecule has 2 aliphatic heterocycles. The molecule has 0 bridgehead atoms. The van der Waals surface area contributed by atoms with Gasteiger partial charge >= 0.3 is 5.97 Å². The minimum absolute atomic E-state index is 0.0864. The summed E-state index contributed by atoms with van der Waals surface area (Å²) in [6.07, 6.45) is 0.517. The van der Waals surface area contributed by atoms with Crippen LogP contribution in [0.2, 0.25) is 0 Å². The molecule has 4 aromatic rings. The number of fused-ring (bicyclic) bond motifs is 1. The third-order valence-corrected chi connectivity index (χ3v) is 7.44. The number of nitrogens with one attached hydrogen (secondary N) is 2. The molecule has 1 aromatic carbocycles. The number of aromatic nitrogens is 3. The summed E-state index contributed by atoms with van der Waals surface area (Å²) in [5, 5.41) is 11.9. The Morgan fingerprint density at radius 3 is 2.39 bits per heavy atom. The Kier molecular flexibility index (Phi) is 7.49. The van der Waals surface area contributed by atoms with Crippen LogP contribution in [-0.4, -0.2) is 105 Å². The zero-order chi connectivity index (χ0) is 31.0. The number of hydrogen-bond donors (Lipinski definition) is 3. The number of rotatable bonds is 8. The molecule has 6 rings (SSSR count). The van der Waals surface area contributed by atoms with Gasteiger partial charge in [0.25, 0.3) is 23.5 Å². The fourth-order valence-electron chi connectivity index (χ4n) is 5.11. The van der Waals surface area contributed by atoms with Crippen molar-refractivity contribution < 1.29 is 38.6 Å². The second-order valence-corrected chi connectivity index (χ2v) is 10.1. The molecule has 0 aliphatic carbocycles. The number of nitrogens with zero attached hydrogens (tertiary/aromatic N) is 4. The number of hydrogen-bond acceptors (Lipinski definition) is 9. The molecule has 14 nitrogen and oxygen atoms in total. The fourth-order valence-corrected chi connectivity index (χ4v) is 5.11. The first kappa shape index (κ1) is 28.5. The van der Waals surface area contributed by atoms with Crippen LogP contribution < -0.4 is 10.1 Å². The van der Waals surface area contributed by atoms with Crippen molar-refractivity contribution in [3.05, 3.63) is 72.1 Å². The molecule has 0 saturated carbocycles. The van der Waals surface area contributed by atoms with E-state index in [4.69, 9.17) is 14.6 Å². The summed E-state index contributed by atoms with van der Waals surface area (Å²) in [4.78, 5) is 77.9. The van der Waals surface area contributed by atoms with Crippen LogP contribution >= 0.6 is 0 Å². The minimum Gasteiger partial charge on any atom is -0.494 e. The Morgan fingerprint density at radius 1 is 0.977 bits per heavy atom. The molecule has 2 saturated heterocycles. The van der Waals surface area contributed by atoms with Crippen molar-refractivity contribution in [1.82, 2.24) is 24.8 Å².